The number of aromatic nitrogens is 2. The summed E-state index contributed by atoms with van der Waals surface area (Å²) in [4.78, 5) is 9.21. The van der Waals surface area contributed by atoms with Gasteiger partial charge in [0.05, 0.1) is 11.7 Å². The minimum atomic E-state index is 0.257. The van der Waals surface area contributed by atoms with Crippen molar-refractivity contribution in [2.75, 3.05) is 0 Å². The van der Waals surface area contributed by atoms with Crippen LogP contribution in [0.2, 0.25) is 0 Å². The Hall–Kier alpha value is -1.56. The molecule has 5 heteroatoms. The third-order valence-corrected chi connectivity index (χ3v) is 5.18. The Kier molecular flexibility index (Phi) is 4.43. The van der Waals surface area contributed by atoms with Crippen LogP contribution >= 0.6 is 22.7 Å². The van der Waals surface area contributed by atoms with Crippen molar-refractivity contribution in [3.63, 3.8) is 0 Å². The van der Waals surface area contributed by atoms with E-state index in [-0.39, 0.29) is 6.04 Å². The average Bonchev–Trinajstić information content (AvgIpc) is 3.15. The first-order chi connectivity index (χ1) is 10.2. The fraction of sp³-hybridized carbons (Fsp3) is 0.250. The number of rotatable bonds is 5. The fourth-order valence-electron chi connectivity index (χ4n) is 2.03. The maximum atomic E-state index is 4.69. The van der Waals surface area contributed by atoms with Crippen molar-refractivity contribution in [3.8, 4) is 11.3 Å². The summed E-state index contributed by atoms with van der Waals surface area (Å²) in [6.07, 6.45) is 0. The zero-order valence-corrected chi connectivity index (χ0v) is 13.7. The number of thiazole rings is 2. The minimum absolute atomic E-state index is 0.257. The van der Waals surface area contributed by atoms with Crippen molar-refractivity contribution < 1.29 is 0 Å². The maximum absolute atomic E-state index is 4.69. The molecule has 3 aromatic rings. The van der Waals surface area contributed by atoms with Crippen LogP contribution < -0.4 is 5.32 Å². The molecule has 0 saturated carbocycles. The highest BCUT2D eigenvalue weighted by Gasteiger charge is 2.10. The Bertz CT molecular complexity index is 703. The molecular weight excluding hydrogens is 298 g/mol. The highest BCUT2D eigenvalue weighted by Crippen LogP contribution is 2.22. The van der Waals surface area contributed by atoms with Gasteiger partial charge in [-0.2, -0.15) is 0 Å². The molecule has 0 bridgehead atoms. The standard InChI is InChI=1S/C16H17N3S2/c1-11-9-21-16(18-11)12(2)17-8-15-19-14(10-20-15)13-6-4-3-5-7-13/h3-7,9-10,12,17H,8H2,1-2H3. The molecule has 0 fully saturated rings. The normalized spacial score (nSPS) is 12.5. The molecule has 1 unspecified atom stereocenters. The lowest BCUT2D eigenvalue weighted by molar-refractivity contribution is 0.570. The van der Waals surface area contributed by atoms with Gasteiger partial charge in [-0.3, -0.25) is 0 Å². The number of nitrogens with zero attached hydrogens (tertiary/aromatic N) is 2. The van der Waals surface area contributed by atoms with Crippen molar-refractivity contribution in [1.82, 2.24) is 15.3 Å². The quantitative estimate of drug-likeness (QED) is 0.757. The molecule has 0 amide bonds. The van der Waals surface area contributed by atoms with Crippen LogP contribution in [0.1, 0.15) is 28.7 Å². The molecule has 1 atom stereocenters. The van der Waals surface area contributed by atoms with Gasteiger partial charge in [-0.25, -0.2) is 9.97 Å². The Balaban J connectivity index is 1.63. The molecule has 0 radical (unpaired) electrons. The molecule has 1 aromatic carbocycles. The van der Waals surface area contributed by atoms with Gasteiger partial charge in [0.1, 0.15) is 10.0 Å². The van der Waals surface area contributed by atoms with E-state index in [2.05, 4.69) is 40.1 Å². The van der Waals surface area contributed by atoms with Crippen LogP contribution in [-0.4, -0.2) is 9.97 Å². The summed E-state index contributed by atoms with van der Waals surface area (Å²) in [5.41, 5.74) is 3.31. The third kappa shape index (κ3) is 3.56. The first-order valence-electron chi connectivity index (χ1n) is 6.87. The van der Waals surface area contributed by atoms with Gasteiger partial charge < -0.3 is 5.32 Å². The van der Waals surface area contributed by atoms with Crippen LogP contribution in [0.3, 0.4) is 0 Å². The molecule has 0 saturated heterocycles. The molecule has 0 aliphatic rings. The lowest BCUT2D eigenvalue weighted by Crippen LogP contribution is -2.17. The smallest absolute Gasteiger partial charge is 0.110 e. The molecule has 21 heavy (non-hydrogen) atoms. The van der Waals surface area contributed by atoms with Crippen LogP contribution in [-0.2, 0) is 6.54 Å². The van der Waals surface area contributed by atoms with Crippen LogP contribution in [0.25, 0.3) is 11.3 Å². The van der Waals surface area contributed by atoms with Gasteiger partial charge in [-0.15, -0.1) is 22.7 Å². The van der Waals surface area contributed by atoms with E-state index in [0.717, 1.165) is 27.9 Å². The van der Waals surface area contributed by atoms with Crippen LogP contribution in [0.15, 0.2) is 41.1 Å². The second-order valence-electron chi connectivity index (χ2n) is 4.92. The fourth-order valence-corrected chi connectivity index (χ4v) is 3.61. The van der Waals surface area contributed by atoms with Gasteiger partial charge in [0.25, 0.3) is 0 Å². The molecule has 0 aliphatic heterocycles. The summed E-state index contributed by atoms with van der Waals surface area (Å²) in [5, 5.41) is 9.93. The summed E-state index contributed by atoms with van der Waals surface area (Å²) in [6, 6.07) is 10.5. The largest absolute Gasteiger partial charge is 0.302 e. The first-order valence-corrected chi connectivity index (χ1v) is 8.63. The summed E-state index contributed by atoms with van der Waals surface area (Å²) < 4.78 is 0. The summed E-state index contributed by atoms with van der Waals surface area (Å²) in [7, 11) is 0. The molecule has 0 spiro atoms. The van der Waals surface area contributed by atoms with Crippen LogP contribution in [0.5, 0.6) is 0 Å². The Labute approximate surface area is 132 Å². The first kappa shape index (κ1) is 14.4. The Morgan fingerprint density at radius 2 is 1.90 bits per heavy atom. The lowest BCUT2D eigenvalue weighted by Gasteiger charge is -2.09. The second-order valence-corrected chi connectivity index (χ2v) is 6.75. The third-order valence-electron chi connectivity index (χ3n) is 3.19. The zero-order valence-electron chi connectivity index (χ0n) is 12.0. The Morgan fingerprint density at radius 1 is 1.10 bits per heavy atom. The summed E-state index contributed by atoms with van der Waals surface area (Å²) in [6.45, 7) is 4.95. The van der Waals surface area contributed by atoms with Gasteiger partial charge in [-0.05, 0) is 13.8 Å². The van der Waals surface area contributed by atoms with Gasteiger partial charge in [0, 0.05) is 28.6 Å². The SMILES string of the molecule is Cc1csc(C(C)NCc2nc(-c3ccccc3)cs2)n1. The number of hydrogen-bond donors (Lipinski definition) is 1. The van der Waals surface area contributed by atoms with Crippen LogP contribution in [0.4, 0.5) is 0 Å². The summed E-state index contributed by atoms with van der Waals surface area (Å²) >= 11 is 3.40. The van der Waals surface area contributed by atoms with Crippen molar-refractivity contribution in [2.24, 2.45) is 0 Å². The summed E-state index contributed by atoms with van der Waals surface area (Å²) in [5.74, 6) is 0. The molecule has 2 aromatic heterocycles. The molecular formula is C16H17N3S2. The van der Waals surface area contributed by atoms with E-state index in [1.165, 1.54) is 5.56 Å². The van der Waals surface area contributed by atoms with Gasteiger partial charge in [0.2, 0.25) is 0 Å². The number of nitrogens with one attached hydrogen (secondary N) is 1. The monoisotopic (exact) mass is 315 g/mol. The molecule has 108 valence electrons. The average molecular weight is 315 g/mol. The van der Waals surface area contributed by atoms with Crippen molar-refractivity contribution in [3.05, 3.63) is 56.8 Å². The highest BCUT2D eigenvalue weighted by molar-refractivity contribution is 7.10. The van der Waals surface area contributed by atoms with Gasteiger partial charge in [0.15, 0.2) is 0 Å². The number of benzene rings is 1. The van der Waals surface area contributed by atoms with Gasteiger partial charge >= 0.3 is 0 Å². The van der Waals surface area contributed by atoms with E-state index in [0.29, 0.717) is 0 Å². The second kappa shape index (κ2) is 6.47. The minimum Gasteiger partial charge on any atom is -0.302 e. The van der Waals surface area contributed by atoms with Crippen molar-refractivity contribution in [2.45, 2.75) is 26.4 Å². The maximum Gasteiger partial charge on any atom is 0.110 e. The molecule has 0 aliphatic carbocycles. The molecule has 3 rings (SSSR count). The molecule has 2 heterocycles. The van der Waals surface area contributed by atoms with E-state index in [4.69, 9.17) is 4.98 Å². The van der Waals surface area contributed by atoms with E-state index in [1.807, 2.05) is 25.1 Å². The number of aryl methyl sites for hydroxylation is 1. The van der Waals surface area contributed by atoms with Crippen molar-refractivity contribution >= 4 is 22.7 Å². The predicted molar refractivity (Wildman–Crippen MR) is 89.7 cm³/mol. The van der Waals surface area contributed by atoms with Gasteiger partial charge in [-0.1, -0.05) is 30.3 Å². The lowest BCUT2D eigenvalue weighted by atomic mass is 10.2. The van der Waals surface area contributed by atoms with Crippen LogP contribution in [0, 0.1) is 6.92 Å². The number of hydrogen-bond acceptors (Lipinski definition) is 5. The van der Waals surface area contributed by atoms with Crippen molar-refractivity contribution in [1.29, 1.82) is 0 Å². The highest BCUT2D eigenvalue weighted by atomic mass is 32.1. The van der Waals surface area contributed by atoms with E-state index in [9.17, 15) is 0 Å². The van der Waals surface area contributed by atoms with E-state index in [1.54, 1.807) is 22.7 Å². The van der Waals surface area contributed by atoms with E-state index >= 15 is 0 Å². The Morgan fingerprint density at radius 3 is 2.62 bits per heavy atom. The topological polar surface area (TPSA) is 37.8 Å². The van der Waals surface area contributed by atoms with E-state index < -0.39 is 0 Å². The zero-order chi connectivity index (χ0) is 14.7. The molecule has 1 N–H and O–H groups in total. The molecule has 3 nitrogen and oxygen atoms in total. The predicted octanol–water partition coefficient (Wildman–Crippen LogP) is 4.43.